The normalized spacial score (nSPS) is 17.5. The third kappa shape index (κ3) is 4.16. The van der Waals surface area contributed by atoms with Crippen molar-refractivity contribution in [2.45, 2.75) is 90.9 Å². The van der Waals surface area contributed by atoms with Crippen molar-refractivity contribution in [1.29, 1.82) is 0 Å². The smallest absolute Gasteiger partial charge is 0.197 e. The SMILES string of the molecule is CC(C)(C)c1ccc2c(c1)C(C)(C)c1cc(C(C)(C)C)cc3c1N2c1ccc(C=C2C(=O)c4ccccc4C2=O)cc1C3(C)C. The minimum Gasteiger partial charge on any atom is -0.309 e. The number of fused-ring (bicyclic) bond motifs is 5. The van der Waals surface area contributed by atoms with Crippen molar-refractivity contribution < 1.29 is 9.59 Å². The standard InChI is InChI=1S/C42H43NO2/c1-39(2,3)25-16-18-35-31(21-25)42(9,10)33-23-26(40(4,5)6)22-32-36(33)43(35)34-17-15-24(20-30(34)41(32,7)8)19-29-37(44)27-13-11-12-14-28(27)38(29)45/h11-23H,1-10H3. The number of ketones is 2. The van der Waals surface area contributed by atoms with Gasteiger partial charge in [0.25, 0.3) is 0 Å². The van der Waals surface area contributed by atoms with Crippen LogP contribution in [0.25, 0.3) is 6.08 Å². The van der Waals surface area contributed by atoms with E-state index in [1.165, 1.54) is 44.8 Å². The number of anilines is 3. The Balaban J connectivity index is 1.49. The zero-order valence-corrected chi connectivity index (χ0v) is 28.3. The van der Waals surface area contributed by atoms with E-state index in [4.69, 9.17) is 0 Å². The fraction of sp³-hybridized carbons (Fsp3) is 0.333. The van der Waals surface area contributed by atoms with Crippen LogP contribution in [0.1, 0.15) is 129 Å². The van der Waals surface area contributed by atoms with Crippen LogP contribution in [0.2, 0.25) is 0 Å². The summed E-state index contributed by atoms with van der Waals surface area (Å²) in [6, 6.07) is 25.5. The summed E-state index contributed by atoms with van der Waals surface area (Å²) >= 11 is 0. The summed E-state index contributed by atoms with van der Waals surface area (Å²) in [5, 5.41) is 0. The first kappa shape index (κ1) is 29.5. The van der Waals surface area contributed by atoms with E-state index in [0.29, 0.717) is 11.1 Å². The van der Waals surface area contributed by atoms with E-state index in [1.807, 2.05) is 12.1 Å². The molecule has 0 bridgehead atoms. The van der Waals surface area contributed by atoms with E-state index < -0.39 is 0 Å². The van der Waals surface area contributed by atoms with Crippen LogP contribution in [0.4, 0.5) is 17.1 Å². The van der Waals surface area contributed by atoms with Crippen LogP contribution in [0, 0.1) is 0 Å². The Bertz CT molecular complexity index is 1970. The van der Waals surface area contributed by atoms with E-state index in [0.717, 1.165) is 11.3 Å². The zero-order chi connectivity index (χ0) is 32.4. The highest BCUT2D eigenvalue weighted by Crippen LogP contribution is 2.61. The summed E-state index contributed by atoms with van der Waals surface area (Å²) < 4.78 is 0. The second kappa shape index (κ2) is 9.16. The molecule has 45 heavy (non-hydrogen) atoms. The summed E-state index contributed by atoms with van der Waals surface area (Å²) in [5.74, 6) is -0.390. The van der Waals surface area contributed by atoms with E-state index in [9.17, 15) is 9.59 Å². The van der Waals surface area contributed by atoms with Gasteiger partial charge in [0.15, 0.2) is 11.6 Å². The van der Waals surface area contributed by atoms with Gasteiger partial charge in [-0.05, 0) is 74.0 Å². The summed E-state index contributed by atoms with van der Waals surface area (Å²) in [4.78, 5) is 29.0. The molecule has 7 rings (SSSR count). The van der Waals surface area contributed by atoms with Gasteiger partial charge in [-0.3, -0.25) is 9.59 Å². The van der Waals surface area contributed by atoms with E-state index in [-0.39, 0.29) is 38.8 Å². The van der Waals surface area contributed by atoms with Crippen molar-refractivity contribution in [2.24, 2.45) is 0 Å². The third-order valence-corrected chi connectivity index (χ3v) is 10.5. The fourth-order valence-electron chi connectivity index (χ4n) is 7.53. The monoisotopic (exact) mass is 593 g/mol. The largest absolute Gasteiger partial charge is 0.309 e. The highest BCUT2D eigenvalue weighted by Gasteiger charge is 2.46. The Morgan fingerprint density at radius 2 is 1.04 bits per heavy atom. The molecule has 1 aliphatic carbocycles. The lowest BCUT2D eigenvalue weighted by Gasteiger charge is -2.50. The number of carbonyl (C=O) groups excluding carboxylic acids is 2. The number of nitrogens with zero attached hydrogens (tertiary/aromatic N) is 1. The van der Waals surface area contributed by atoms with Crippen LogP contribution in [0.15, 0.2) is 78.4 Å². The number of hydrogen-bond acceptors (Lipinski definition) is 3. The first-order chi connectivity index (χ1) is 20.9. The lowest BCUT2D eigenvalue weighted by atomic mass is 9.64. The summed E-state index contributed by atoms with van der Waals surface area (Å²) in [6.45, 7) is 23.1. The predicted octanol–water partition coefficient (Wildman–Crippen LogP) is 10.5. The topological polar surface area (TPSA) is 37.4 Å². The number of hydrogen-bond donors (Lipinski definition) is 0. The molecule has 4 aromatic rings. The molecule has 0 fully saturated rings. The van der Waals surface area contributed by atoms with E-state index in [2.05, 4.69) is 123 Å². The quantitative estimate of drug-likeness (QED) is 0.163. The summed E-state index contributed by atoms with van der Waals surface area (Å²) in [6.07, 6.45) is 1.79. The van der Waals surface area contributed by atoms with Gasteiger partial charge in [0.1, 0.15) is 0 Å². The minimum atomic E-state index is -0.322. The molecule has 2 aliphatic heterocycles. The number of carbonyl (C=O) groups is 2. The summed E-state index contributed by atoms with van der Waals surface area (Å²) in [7, 11) is 0. The molecule has 0 atom stereocenters. The minimum absolute atomic E-state index is 0.0270. The maximum Gasteiger partial charge on any atom is 0.197 e. The maximum atomic E-state index is 13.3. The Kier molecular flexibility index (Phi) is 6.00. The lowest BCUT2D eigenvalue weighted by Crippen LogP contribution is -2.39. The Hall–Kier alpha value is -4.24. The van der Waals surface area contributed by atoms with Gasteiger partial charge in [-0.2, -0.15) is 0 Å². The van der Waals surface area contributed by atoms with Crippen LogP contribution in [0.3, 0.4) is 0 Å². The highest BCUT2D eigenvalue weighted by atomic mass is 16.2. The van der Waals surface area contributed by atoms with Crippen molar-refractivity contribution in [3.05, 3.63) is 128 Å². The van der Waals surface area contributed by atoms with Crippen molar-refractivity contribution in [1.82, 2.24) is 0 Å². The van der Waals surface area contributed by atoms with Gasteiger partial charge in [0, 0.05) is 22.0 Å². The first-order valence-electron chi connectivity index (χ1n) is 16.1. The van der Waals surface area contributed by atoms with Crippen molar-refractivity contribution in [3.63, 3.8) is 0 Å². The molecule has 0 N–H and O–H groups in total. The molecule has 0 saturated heterocycles. The van der Waals surface area contributed by atoms with E-state index in [1.54, 1.807) is 18.2 Å². The van der Waals surface area contributed by atoms with Gasteiger partial charge in [-0.25, -0.2) is 0 Å². The van der Waals surface area contributed by atoms with Gasteiger partial charge in [-0.1, -0.05) is 124 Å². The molecule has 3 nitrogen and oxygen atoms in total. The number of benzene rings is 4. The lowest BCUT2D eigenvalue weighted by molar-refractivity contribution is 0.0990. The van der Waals surface area contributed by atoms with Crippen LogP contribution in [0.5, 0.6) is 0 Å². The Morgan fingerprint density at radius 3 is 1.56 bits per heavy atom. The Labute approximate surface area is 268 Å². The average Bonchev–Trinajstić information content (AvgIpc) is 3.20. The Morgan fingerprint density at radius 1 is 0.578 bits per heavy atom. The van der Waals surface area contributed by atoms with E-state index >= 15 is 0 Å². The molecule has 0 aromatic heterocycles. The molecular formula is C42H43NO2. The van der Waals surface area contributed by atoms with Gasteiger partial charge in [0.2, 0.25) is 0 Å². The fourth-order valence-corrected chi connectivity index (χ4v) is 7.53. The molecule has 0 radical (unpaired) electrons. The van der Waals surface area contributed by atoms with Crippen molar-refractivity contribution in [3.8, 4) is 0 Å². The zero-order valence-electron chi connectivity index (χ0n) is 28.3. The van der Waals surface area contributed by atoms with Crippen molar-refractivity contribution >= 4 is 34.7 Å². The predicted molar refractivity (Wildman–Crippen MR) is 186 cm³/mol. The maximum absolute atomic E-state index is 13.3. The van der Waals surface area contributed by atoms with Gasteiger partial charge >= 0.3 is 0 Å². The second-order valence-electron chi connectivity index (χ2n) is 16.3. The molecule has 4 aromatic carbocycles. The van der Waals surface area contributed by atoms with Crippen LogP contribution in [-0.4, -0.2) is 11.6 Å². The van der Waals surface area contributed by atoms with Crippen LogP contribution >= 0.6 is 0 Å². The first-order valence-corrected chi connectivity index (χ1v) is 16.1. The average molecular weight is 594 g/mol. The molecule has 3 heteroatoms. The molecule has 0 amide bonds. The van der Waals surface area contributed by atoms with Gasteiger partial charge in [0.05, 0.1) is 22.6 Å². The summed E-state index contributed by atoms with van der Waals surface area (Å²) in [5.41, 5.74) is 13.0. The molecule has 0 saturated carbocycles. The number of Topliss-reactive ketones (excluding diaryl/α,β-unsaturated/α-hetero) is 2. The van der Waals surface area contributed by atoms with Crippen LogP contribution < -0.4 is 4.90 Å². The molecule has 2 heterocycles. The molecule has 3 aliphatic rings. The van der Waals surface area contributed by atoms with Gasteiger partial charge in [-0.15, -0.1) is 0 Å². The van der Waals surface area contributed by atoms with Gasteiger partial charge < -0.3 is 4.90 Å². The number of allylic oxidation sites excluding steroid dienone is 1. The molecular weight excluding hydrogens is 550 g/mol. The van der Waals surface area contributed by atoms with Crippen LogP contribution in [-0.2, 0) is 21.7 Å². The molecule has 228 valence electrons. The third-order valence-electron chi connectivity index (χ3n) is 10.5. The number of rotatable bonds is 1. The highest BCUT2D eigenvalue weighted by molar-refractivity contribution is 6.41. The molecule has 0 spiro atoms. The van der Waals surface area contributed by atoms with Crippen molar-refractivity contribution in [2.75, 3.05) is 4.90 Å². The molecule has 0 unspecified atom stereocenters. The second-order valence-corrected chi connectivity index (χ2v) is 16.3.